The molecule has 0 bridgehead atoms. The van der Waals surface area contributed by atoms with Gasteiger partial charge in [0.2, 0.25) is 0 Å². The lowest BCUT2D eigenvalue weighted by Crippen LogP contribution is -2.04. The summed E-state index contributed by atoms with van der Waals surface area (Å²) in [7, 11) is 0. The number of aliphatic imine (C=N–C) groups is 1. The Balaban J connectivity index is 3.24. The van der Waals surface area contributed by atoms with E-state index in [4.69, 9.17) is 0 Å². The number of hydrogen-bond donors (Lipinski definition) is 1. The predicted octanol–water partition coefficient (Wildman–Crippen LogP) is 0.296. The predicted molar refractivity (Wildman–Crippen MR) is 34.2 cm³/mol. The van der Waals surface area contributed by atoms with Crippen LogP contribution >= 0.6 is 0 Å². The quantitative estimate of drug-likeness (QED) is 0.337. The largest absolute Gasteiger partial charge is 0.496 e. The molecule has 0 aromatic heterocycles. The molecule has 0 unspecified atom stereocenters. The maximum Gasteiger partial charge on any atom is 0.338 e. The van der Waals surface area contributed by atoms with Crippen molar-refractivity contribution in [2.24, 2.45) is 10.7 Å². The normalized spacial score (nSPS) is 9.33. The molecule has 0 aliphatic carbocycles. The Bertz CT molecular complexity index is 131. The molecule has 0 spiro atoms. The zero-order valence-corrected chi connectivity index (χ0v) is 4.91. The zero-order chi connectivity index (χ0) is 7.11. The highest BCUT2D eigenvalue weighted by Crippen LogP contribution is 1.70. The Morgan fingerprint density at radius 3 is 3.00 bits per heavy atom. The van der Waals surface area contributed by atoms with Gasteiger partial charge in [-0.05, 0) is 0 Å². The maximum absolute atomic E-state index is 9.91. The van der Waals surface area contributed by atoms with E-state index < -0.39 is 6.03 Å². The van der Waals surface area contributed by atoms with E-state index in [0.29, 0.717) is 0 Å². The lowest BCUT2D eigenvalue weighted by molar-refractivity contribution is 0.256. The number of nitrogens with two attached hydrogens (primary N) is 1. The van der Waals surface area contributed by atoms with Crippen LogP contribution in [0, 0.1) is 0 Å². The molecule has 0 rings (SSSR count). The van der Waals surface area contributed by atoms with Crippen LogP contribution in [0.1, 0.15) is 0 Å². The van der Waals surface area contributed by atoms with Gasteiger partial charge in [-0.2, -0.15) is 0 Å². The Morgan fingerprint density at radius 1 is 1.89 bits per heavy atom. The van der Waals surface area contributed by atoms with Gasteiger partial charge in [-0.1, -0.05) is 6.58 Å². The molecule has 2 amide bonds. The van der Waals surface area contributed by atoms with E-state index in [-0.39, 0.29) is 6.61 Å². The minimum Gasteiger partial charge on any atom is -0.496 e. The van der Waals surface area contributed by atoms with E-state index in [2.05, 4.69) is 22.0 Å². The number of amides is 2. The van der Waals surface area contributed by atoms with Gasteiger partial charge >= 0.3 is 6.03 Å². The van der Waals surface area contributed by atoms with Crippen LogP contribution < -0.4 is 5.73 Å². The number of primary amides is 1. The molecular weight excluding hydrogens is 120 g/mol. The molecule has 0 fully saturated rings. The highest BCUT2D eigenvalue weighted by molar-refractivity contribution is 5.82. The number of urea groups is 1. The van der Waals surface area contributed by atoms with Crippen LogP contribution in [0.5, 0.6) is 0 Å². The van der Waals surface area contributed by atoms with Crippen molar-refractivity contribution in [3.05, 3.63) is 12.8 Å². The van der Waals surface area contributed by atoms with Gasteiger partial charge in [-0.3, -0.25) is 0 Å². The van der Waals surface area contributed by atoms with Crippen LogP contribution in [-0.4, -0.2) is 18.9 Å². The number of hydrogen-bond acceptors (Lipinski definition) is 2. The summed E-state index contributed by atoms with van der Waals surface area (Å²) in [5.41, 5.74) is 4.66. The molecule has 4 nitrogen and oxygen atoms in total. The molecule has 0 atom stereocenters. The Hall–Kier alpha value is -1.32. The van der Waals surface area contributed by atoms with Crippen molar-refractivity contribution in [2.45, 2.75) is 0 Å². The smallest absolute Gasteiger partial charge is 0.338 e. The van der Waals surface area contributed by atoms with E-state index in [1.807, 2.05) is 0 Å². The number of carbonyl (C=O) groups excluding carboxylic acids is 1. The molecule has 0 aliphatic heterocycles. The van der Waals surface area contributed by atoms with Gasteiger partial charge in [0.15, 0.2) is 0 Å². The lowest BCUT2D eigenvalue weighted by Gasteiger charge is -1.88. The van der Waals surface area contributed by atoms with Gasteiger partial charge in [0.05, 0.1) is 6.26 Å². The SMILES string of the molecule is C=COCC=NC(N)=O. The summed E-state index contributed by atoms with van der Waals surface area (Å²) >= 11 is 0. The van der Waals surface area contributed by atoms with Crippen LogP contribution in [0.25, 0.3) is 0 Å². The highest BCUT2D eigenvalue weighted by Gasteiger charge is 1.79. The average molecular weight is 128 g/mol. The van der Waals surface area contributed by atoms with Crippen LogP contribution in [0.15, 0.2) is 17.8 Å². The first-order valence-corrected chi connectivity index (χ1v) is 2.32. The third kappa shape index (κ3) is 6.68. The second-order valence-corrected chi connectivity index (χ2v) is 1.15. The van der Waals surface area contributed by atoms with Crippen LogP contribution in [0.3, 0.4) is 0 Å². The van der Waals surface area contributed by atoms with Gasteiger partial charge < -0.3 is 10.5 Å². The van der Waals surface area contributed by atoms with Crippen molar-refractivity contribution in [1.82, 2.24) is 0 Å². The highest BCUT2D eigenvalue weighted by atomic mass is 16.5. The van der Waals surface area contributed by atoms with E-state index in [1.165, 1.54) is 12.5 Å². The third-order valence-electron chi connectivity index (χ3n) is 0.507. The molecule has 2 N–H and O–H groups in total. The second kappa shape index (κ2) is 4.83. The Kier molecular flexibility index (Phi) is 4.12. The van der Waals surface area contributed by atoms with Gasteiger partial charge in [0.1, 0.15) is 6.61 Å². The molecule has 0 saturated carbocycles. The molecule has 50 valence electrons. The summed E-state index contributed by atoms with van der Waals surface area (Å²) in [6.07, 6.45) is 2.52. The number of ether oxygens (including phenoxy) is 1. The summed E-state index contributed by atoms with van der Waals surface area (Å²) in [5, 5.41) is 0. The molecule has 0 aromatic rings. The molecule has 0 heterocycles. The third-order valence-corrected chi connectivity index (χ3v) is 0.507. The number of nitrogens with zero attached hydrogens (tertiary/aromatic N) is 1. The fourth-order valence-corrected chi connectivity index (χ4v) is 0.238. The van der Waals surface area contributed by atoms with Crippen LogP contribution in [0.4, 0.5) is 4.79 Å². The van der Waals surface area contributed by atoms with Gasteiger partial charge in [-0.25, -0.2) is 9.79 Å². The van der Waals surface area contributed by atoms with Gasteiger partial charge in [0, 0.05) is 6.21 Å². The molecule has 4 heteroatoms. The summed E-state index contributed by atoms with van der Waals surface area (Å²) in [5.74, 6) is 0. The fraction of sp³-hybridized carbons (Fsp3) is 0.200. The standard InChI is InChI=1S/C5H8N2O2/c1-2-9-4-3-7-5(6)8/h2-3H,1,4H2,(H2,6,8). The zero-order valence-electron chi connectivity index (χ0n) is 4.91. The summed E-state index contributed by atoms with van der Waals surface area (Å²) in [6, 6.07) is -0.720. The number of carbonyl (C=O) groups is 1. The molecule has 9 heavy (non-hydrogen) atoms. The molecular formula is C5H8N2O2. The first-order valence-electron chi connectivity index (χ1n) is 2.32. The van der Waals surface area contributed by atoms with Crippen LogP contribution in [-0.2, 0) is 4.74 Å². The van der Waals surface area contributed by atoms with Crippen molar-refractivity contribution in [3.63, 3.8) is 0 Å². The van der Waals surface area contributed by atoms with E-state index in [9.17, 15) is 4.79 Å². The van der Waals surface area contributed by atoms with Crippen LogP contribution in [0.2, 0.25) is 0 Å². The van der Waals surface area contributed by atoms with Gasteiger partial charge in [0.25, 0.3) is 0 Å². The number of rotatable bonds is 3. The lowest BCUT2D eigenvalue weighted by atomic mass is 10.8. The van der Waals surface area contributed by atoms with E-state index in [1.54, 1.807) is 0 Å². The van der Waals surface area contributed by atoms with Crippen molar-refractivity contribution in [2.75, 3.05) is 6.61 Å². The Labute approximate surface area is 53.0 Å². The summed E-state index contributed by atoms with van der Waals surface area (Å²) in [6.45, 7) is 3.51. The monoisotopic (exact) mass is 128 g/mol. The summed E-state index contributed by atoms with van der Waals surface area (Å²) in [4.78, 5) is 13.1. The van der Waals surface area contributed by atoms with Crippen molar-refractivity contribution in [3.8, 4) is 0 Å². The average Bonchev–Trinajstić information content (AvgIpc) is 1.80. The molecule has 0 aromatic carbocycles. The maximum atomic E-state index is 9.91. The molecule has 0 aliphatic rings. The molecule has 0 saturated heterocycles. The Morgan fingerprint density at radius 2 is 2.56 bits per heavy atom. The summed E-state index contributed by atoms with van der Waals surface area (Å²) < 4.78 is 4.59. The first-order chi connectivity index (χ1) is 4.27. The first kappa shape index (κ1) is 7.68. The van der Waals surface area contributed by atoms with Crippen molar-refractivity contribution < 1.29 is 9.53 Å². The fourth-order valence-electron chi connectivity index (χ4n) is 0.238. The second-order valence-electron chi connectivity index (χ2n) is 1.15. The van der Waals surface area contributed by atoms with E-state index >= 15 is 0 Å². The van der Waals surface area contributed by atoms with E-state index in [0.717, 1.165) is 0 Å². The van der Waals surface area contributed by atoms with Crippen molar-refractivity contribution >= 4 is 12.2 Å². The van der Waals surface area contributed by atoms with Gasteiger partial charge in [-0.15, -0.1) is 0 Å². The van der Waals surface area contributed by atoms with Crippen molar-refractivity contribution in [1.29, 1.82) is 0 Å². The molecule has 0 radical (unpaired) electrons. The topological polar surface area (TPSA) is 64.7 Å². The minimum atomic E-state index is -0.720. The minimum absolute atomic E-state index is 0.229.